The second-order valence-electron chi connectivity index (χ2n) is 6.54. The molecule has 2 aromatic carbocycles. The topological polar surface area (TPSA) is 9.23 Å². The van der Waals surface area contributed by atoms with Crippen LogP contribution < -0.4 is 10.4 Å². The summed E-state index contributed by atoms with van der Waals surface area (Å²) in [5.74, 6) is 0. The highest BCUT2D eigenvalue weighted by Crippen LogP contribution is 2.23. The van der Waals surface area contributed by atoms with Gasteiger partial charge < -0.3 is 4.43 Å². The Labute approximate surface area is 150 Å². The highest BCUT2D eigenvalue weighted by Gasteiger charge is 2.32. The summed E-state index contributed by atoms with van der Waals surface area (Å²) in [6, 6.07) is 20.0. The molecule has 1 radical (unpaired) electrons. The minimum Gasteiger partial charge on any atom is -0.416 e. The SMILES string of the molecule is C=C(c1ccc([Si](C)C)cc1)c1cccc([Si](CC)(CC)OC)c1. The Morgan fingerprint density at radius 3 is 2.12 bits per heavy atom. The molecule has 127 valence electrons. The maximum Gasteiger partial charge on any atom is 0.223 e. The first-order valence-corrected chi connectivity index (χ1v) is 13.6. The van der Waals surface area contributed by atoms with Crippen LogP contribution in [0, 0.1) is 0 Å². The zero-order chi connectivity index (χ0) is 17.7. The van der Waals surface area contributed by atoms with Gasteiger partial charge in [-0.3, -0.25) is 0 Å². The smallest absolute Gasteiger partial charge is 0.223 e. The van der Waals surface area contributed by atoms with Gasteiger partial charge >= 0.3 is 0 Å². The van der Waals surface area contributed by atoms with E-state index in [-0.39, 0.29) is 0 Å². The Hall–Kier alpha value is -1.43. The first-order chi connectivity index (χ1) is 11.5. The highest BCUT2D eigenvalue weighted by atomic mass is 28.4. The van der Waals surface area contributed by atoms with E-state index in [1.54, 1.807) is 0 Å². The summed E-state index contributed by atoms with van der Waals surface area (Å²) in [7, 11) is -0.358. The van der Waals surface area contributed by atoms with Crippen LogP contribution in [0.1, 0.15) is 25.0 Å². The number of benzene rings is 2. The molecule has 0 N–H and O–H groups in total. The van der Waals surface area contributed by atoms with Gasteiger partial charge in [-0.2, -0.15) is 0 Å². The second kappa shape index (κ2) is 8.10. The van der Waals surface area contributed by atoms with Crippen LogP contribution in [-0.4, -0.2) is 24.2 Å². The lowest BCUT2D eigenvalue weighted by molar-refractivity contribution is 0.405. The van der Waals surface area contributed by atoms with Gasteiger partial charge in [0.1, 0.15) is 0 Å². The van der Waals surface area contributed by atoms with E-state index in [1.807, 2.05) is 7.11 Å². The van der Waals surface area contributed by atoms with Crippen molar-refractivity contribution in [3.63, 3.8) is 0 Å². The van der Waals surface area contributed by atoms with Crippen molar-refractivity contribution >= 4 is 33.1 Å². The average Bonchev–Trinajstić information content (AvgIpc) is 2.63. The third-order valence-electron chi connectivity index (χ3n) is 5.08. The van der Waals surface area contributed by atoms with Gasteiger partial charge in [0.2, 0.25) is 8.32 Å². The molecule has 3 heteroatoms. The molecule has 0 unspecified atom stereocenters. The van der Waals surface area contributed by atoms with Gasteiger partial charge in [0.25, 0.3) is 0 Å². The summed E-state index contributed by atoms with van der Waals surface area (Å²) in [5.41, 5.74) is 3.50. The summed E-state index contributed by atoms with van der Waals surface area (Å²) in [6.45, 7) is 13.5. The number of hydrogen-bond acceptors (Lipinski definition) is 1. The van der Waals surface area contributed by atoms with Crippen LogP contribution in [0.15, 0.2) is 55.1 Å². The molecule has 0 amide bonds. The predicted octanol–water partition coefficient (Wildman–Crippen LogP) is 4.55. The molecule has 0 bridgehead atoms. The standard InChI is InChI=1S/C21H29OSi2/c1-7-24(8-2,22-4)21-11-9-10-19(16-21)17(3)18-12-14-20(15-13-18)23(5)6/h9-16H,3,7-8H2,1-2,4-6H3. The molecule has 24 heavy (non-hydrogen) atoms. The van der Waals surface area contributed by atoms with E-state index in [1.165, 1.54) is 21.5 Å². The lowest BCUT2D eigenvalue weighted by Gasteiger charge is -2.28. The Balaban J connectivity index is 2.35. The summed E-state index contributed by atoms with van der Waals surface area (Å²) >= 11 is 0. The van der Waals surface area contributed by atoms with Crippen molar-refractivity contribution in [2.75, 3.05) is 7.11 Å². The van der Waals surface area contributed by atoms with Crippen molar-refractivity contribution < 1.29 is 4.43 Å². The van der Waals surface area contributed by atoms with E-state index in [2.05, 4.69) is 82.1 Å². The minimum absolute atomic E-state index is 0.394. The molecule has 0 heterocycles. The van der Waals surface area contributed by atoms with Crippen molar-refractivity contribution in [3.8, 4) is 0 Å². The summed E-state index contributed by atoms with van der Waals surface area (Å²) in [4.78, 5) is 0. The van der Waals surface area contributed by atoms with Gasteiger partial charge in [0.15, 0.2) is 0 Å². The minimum atomic E-state index is -1.83. The van der Waals surface area contributed by atoms with Crippen LogP contribution in [0.2, 0.25) is 25.2 Å². The summed E-state index contributed by atoms with van der Waals surface area (Å²) in [6.07, 6.45) is 0. The zero-order valence-electron chi connectivity index (χ0n) is 15.6. The Kier molecular flexibility index (Phi) is 6.38. The molecule has 0 saturated carbocycles. The van der Waals surface area contributed by atoms with E-state index in [9.17, 15) is 0 Å². The Morgan fingerprint density at radius 2 is 1.62 bits per heavy atom. The maximum atomic E-state index is 6.02. The highest BCUT2D eigenvalue weighted by molar-refractivity contribution is 6.86. The van der Waals surface area contributed by atoms with Crippen LogP contribution in [-0.2, 0) is 4.43 Å². The van der Waals surface area contributed by atoms with Crippen LogP contribution in [0.3, 0.4) is 0 Å². The Morgan fingerprint density at radius 1 is 1.00 bits per heavy atom. The molecule has 0 atom stereocenters. The molecule has 0 fully saturated rings. The quantitative estimate of drug-likeness (QED) is 0.664. The van der Waals surface area contributed by atoms with E-state index in [4.69, 9.17) is 4.43 Å². The second-order valence-corrected chi connectivity index (χ2v) is 13.5. The molecule has 0 aliphatic heterocycles. The molecule has 0 aliphatic rings. The maximum absolute atomic E-state index is 6.02. The molecule has 0 aromatic heterocycles. The fourth-order valence-corrected chi connectivity index (χ4v) is 7.01. The van der Waals surface area contributed by atoms with Crippen molar-refractivity contribution in [1.82, 2.24) is 0 Å². The van der Waals surface area contributed by atoms with E-state index >= 15 is 0 Å². The van der Waals surface area contributed by atoms with Gasteiger partial charge in [-0.05, 0) is 34.0 Å². The van der Waals surface area contributed by atoms with Crippen LogP contribution >= 0.6 is 0 Å². The van der Waals surface area contributed by atoms with Gasteiger partial charge in [0, 0.05) is 7.11 Å². The lowest BCUT2D eigenvalue weighted by Crippen LogP contribution is -2.48. The number of hydrogen-bond donors (Lipinski definition) is 0. The van der Waals surface area contributed by atoms with Crippen molar-refractivity contribution in [3.05, 3.63) is 66.2 Å². The fraction of sp³-hybridized carbons (Fsp3) is 0.333. The van der Waals surface area contributed by atoms with Crippen LogP contribution in [0.4, 0.5) is 0 Å². The monoisotopic (exact) mass is 353 g/mol. The first kappa shape index (κ1) is 18.9. The largest absolute Gasteiger partial charge is 0.416 e. The normalized spacial score (nSPS) is 11.8. The lowest BCUT2D eigenvalue weighted by atomic mass is 10.00. The summed E-state index contributed by atoms with van der Waals surface area (Å²) < 4.78 is 6.02. The molecule has 2 aromatic rings. The van der Waals surface area contributed by atoms with Crippen molar-refractivity contribution in [2.24, 2.45) is 0 Å². The van der Waals surface area contributed by atoms with Crippen molar-refractivity contribution in [2.45, 2.75) is 39.0 Å². The molecule has 0 spiro atoms. The third kappa shape index (κ3) is 3.80. The van der Waals surface area contributed by atoms with Gasteiger partial charge in [-0.15, -0.1) is 0 Å². The predicted molar refractivity (Wildman–Crippen MR) is 111 cm³/mol. The molecule has 1 nitrogen and oxygen atoms in total. The molecular formula is C21H29OSi2. The van der Waals surface area contributed by atoms with Crippen LogP contribution in [0.25, 0.3) is 5.57 Å². The average molecular weight is 354 g/mol. The molecule has 0 aliphatic carbocycles. The van der Waals surface area contributed by atoms with Crippen molar-refractivity contribution in [1.29, 1.82) is 0 Å². The van der Waals surface area contributed by atoms with E-state index in [0.717, 1.165) is 17.7 Å². The third-order valence-corrected chi connectivity index (χ3v) is 11.0. The van der Waals surface area contributed by atoms with Crippen LogP contribution in [0.5, 0.6) is 0 Å². The summed E-state index contributed by atoms with van der Waals surface area (Å²) in [5, 5.41) is 2.84. The number of rotatable bonds is 7. The van der Waals surface area contributed by atoms with Gasteiger partial charge in [-0.25, -0.2) is 0 Å². The van der Waals surface area contributed by atoms with E-state index in [0.29, 0.717) is 0 Å². The molecule has 0 saturated heterocycles. The fourth-order valence-electron chi connectivity index (χ4n) is 3.23. The Bertz CT molecular complexity index is 677. The zero-order valence-corrected chi connectivity index (χ0v) is 17.6. The van der Waals surface area contributed by atoms with Gasteiger partial charge in [0.05, 0.1) is 8.80 Å². The molecular weight excluding hydrogens is 324 g/mol. The molecule has 2 rings (SSSR count). The van der Waals surface area contributed by atoms with Gasteiger partial charge in [-0.1, -0.05) is 87.2 Å². The first-order valence-electron chi connectivity index (χ1n) is 8.73. The van der Waals surface area contributed by atoms with E-state index < -0.39 is 17.1 Å².